The van der Waals surface area contributed by atoms with Gasteiger partial charge in [0.25, 0.3) is 0 Å². The quantitative estimate of drug-likeness (QED) is 0.838. The lowest BCUT2D eigenvalue weighted by molar-refractivity contribution is -0.145. The van der Waals surface area contributed by atoms with Crippen molar-refractivity contribution in [2.75, 3.05) is 7.11 Å². The molecule has 2 atom stereocenters. The number of hydrogen-bond donors (Lipinski definition) is 1. The van der Waals surface area contributed by atoms with E-state index in [-0.39, 0.29) is 17.6 Å². The lowest BCUT2D eigenvalue weighted by Gasteiger charge is -2.23. The number of hydrogen-bond acceptors (Lipinski definition) is 3. The fourth-order valence-corrected chi connectivity index (χ4v) is 2.51. The summed E-state index contributed by atoms with van der Waals surface area (Å²) in [6.45, 7) is 1.75. The largest absolute Gasteiger partial charge is 0.505 e. The first kappa shape index (κ1) is 12.9. The summed E-state index contributed by atoms with van der Waals surface area (Å²) in [6, 6.07) is 4.55. The van der Waals surface area contributed by atoms with Gasteiger partial charge in [-0.05, 0) is 30.4 Å². The zero-order valence-corrected chi connectivity index (χ0v) is 10.5. The van der Waals surface area contributed by atoms with Crippen molar-refractivity contribution in [1.82, 2.24) is 0 Å². The van der Waals surface area contributed by atoms with E-state index in [9.17, 15) is 14.3 Å². The van der Waals surface area contributed by atoms with Gasteiger partial charge < -0.3 is 9.84 Å². The molecule has 1 aromatic carbocycles. The average molecular weight is 252 g/mol. The molecule has 1 aliphatic carbocycles. The van der Waals surface area contributed by atoms with Crippen molar-refractivity contribution in [2.45, 2.75) is 25.7 Å². The molecule has 0 unspecified atom stereocenters. The Kier molecular flexibility index (Phi) is 3.55. The Balaban J connectivity index is 2.35. The van der Waals surface area contributed by atoms with Crippen LogP contribution in [0.3, 0.4) is 0 Å². The van der Waals surface area contributed by atoms with Gasteiger partial charge in [-0.1, -0.05) is 19.1 Å². The number of halogens is 1. The van der Waals surface area contributed by atoms with E-state index in [0.29, 0.717) is 11.5 Å². The van der Waals surface area contributed by atoms with Gasteiger partial charge >= 0.3 is 5.97 Å². The first-order chi connectivity index (χ1) is 8.56. The number of carbonyl (C=O) groups is 1. The molecule has 0 aromatic heterocycles. The van der Waals surface area contributed by atoms with E-state index in [1.54, 1.807) is 19.1 Å². The number of esters is 1. The molecule has 0 radical (unpaired) electrons. The first-order valence-corrected chi connectivity index (χ1v) is 6.11. The van der Waals surface area contributed by atoms with Crippen LogP contribution in [0.15, 0.2) is 18.2 Å². The number of carbonyl (C=O) groups excluding carboxylic acids is 1. The maximum absolute atomic E-state index is 14.0. The number of ether oxygens (including phenoxy) is 1. The van der Waals surface area contributed by atoms with Crippen LogP contribution in [0.1, 0.15) is 31.2 Å². The van der Waals surface area contributed by atoms with Crippen molar-refractivity contribution in [3.63, 3.8) is 0 Å². The van der Waals surface area contributed by atoms with Gasteiger partial charge in [-0.15, -0.1) is 0 Å². The van der Waals surface area contributed by atoms with Crippen LogP contribution in [0, 0.1) is 17.7 Å². The van der Waals surface area contributed by atoms with Crippen molar-refractivity contribution in [3.05, 3.63) is 29.6 Å². The van der Waals surface area contributed by atoms with Gasteiger partial charge in [-0.3, -0.25) is 4.79 Å². The zero-order valence-electron chi connectivity index (χ0n) is 10.5. The zero-order chi connectivity index (χ0) is 13.3. The summed E-state index contributed by atoms with van der Waals surface area (Å²) in [5.41, 5.74) is 0.412. The van der Waals surface area contributed by atoms with Crippen LogP contribution in [0.25, 0.3) is 0 Å². The lowest BCUT2D eigenvalue weighted by Crippen LogP contribution is -2.23. The Morgan fingerprint density at radius 1 is 1.50 bits per heavy atom. The van der Waals surface area contributed by atoms with Gasteiger partial charge in [0.05, 0.1) is 13.0 Å². The SMILES string of the molecule is COC(=O)[C@@H](C)[C@H](c1cccc(O)c1F)C1CC1. The van der Waals surface area contributed by atoms with Crippen molar-refractivity contribution in [3.8, 4) is 5.75 Å². The number of benzene rings is 1. The highest BCUT2D eigenvalue weighted by molar-refractivity contribution is 5.73. The van der Waals surface area contributed by atoms with Gasteiger partial charge in [0.2, 0.25) is 0 Å². The van der Waals surface area contributed by atoms with Crippen LogP contribution in [0.5, 0.6) is 5.75 Å². The molecule has 0 saturated heterocycles. The molecule has 1 aliphatic rings. The third-order valence-electron chi connectivity index (χ3n) is 3.61. The standard InChI is InChI=1S/C14H17FO3/c1-8(14(17)18-2)12(9-6-7-9)10-4-3-5-11(16)13(10)15/h3-5,8-9,12,16H,6-7H2,1-2H3/t8-,12-/m0/s1. The van der Waals surface area contributed by atoms with Crippen molar-refractivity contribution in [2.24, 2.45) is 11.8 Å². The van der Waals surface area contributed by atoms with E-state index < -0.39 is 11.7 Å². The molecule has 0 heterocycles. The summed E-state index contributed by atoms with van der Waals surface area (Å²) in [7, 11) is 1.33. The second-order valence-electron chi connectivity index (χ2n) is 4.86. The Morgan fingerprint density at radius 3 is 2.72 bits per heavy atom. The van der Waals surface area contributed by atoms with Crippen LogP contribution < -0.4 is 0 Å². The normalized spacial score (nSPS) is 18.2. The second-order valence-corrected chi connectivity index (χ2v) is 4.86. The highest BCUT2D eigenvalue weighted by atomic mass is 19.1. The monoisotopic (exact) mass is 252 g/mol. The summed E-state index contributed by atoms with van der Waals surface area (Å²) in [5, 5.41) is 9.44. The molecular weight excluding hydrogens is 235 g/mol. The Hall–Kier alpha value is -1.58. The summed E-state index contributed by atoms with van der Waals surface area (Å²) in [6.07, 6.45) is 1.97. The van der Waals surface area contributed by atoms with Gasteiger partial charge in [-0.25, -0.2) is 4.39 Å². The van der Waals surface area contributed by atoms with Crippen LogP contribution >= 0.6 is 0 Å². The third kappa shape index (κ3) is 2.33. The van der Waals surface area contributed by atoms with Gasteiger partial charge in [0.1, 0.15) is 0 Å². The lowest BCUT2D eigenvalue weighted by atomic mass is 9.83. The van der Waals surface area contributed by atoms with E-state index >= 15 is 0 Å². The maximum Gasteiger partial charge on any atom is 0.309 e. The maximum atomic E-state index is 14.0. The number of methoxy groups -OCH3 is 1. The predicted molar refractivity (Wildman–Crippen MR) is 64.7 cm³/mol. The van der Waals surface area contributed by atoms with Gasteiger partial charge in [0.15, 0.2) is 11.6 Å². The van der Waals surface area contributed by atoms with Crippen LogP contribution in [0.4, 0.5) is 4.39 Å². The Labute approximate surface area is 106 Å². The molecule has 2 rings (SSSR count). The van der Waals surface area contributed by atoms with Crippen LogP contribution in [-0.2, 0) is 9.53 Å². The Bertz CT molecular complexity index is 454. The average Bonchev–Trinajstić information content (AvgIpc) is 3.18. The molecule has 0 bridgehead atoms. The van der Waals surface area contributed by atoms with Crippen molar-refractivity contribution in [1.29, 1.82) is 0 Å². The summed E-state index contributed by atoms with van der Waals surface area (Å²) < 4.78 is 18.7. The molecule has 98 valence electrons. The molecule has 0 amide bonds. The van der Waals surface area contributed by atoms with Crippen LogP contribution in [0.2, 0.25) is 0 Å². The third-order valence-corrected chi connectivity index (χ3v) is 3.61. The molecule has 4 heteroatoms. The molecule has 0 aliphatic heterocycles. The fraction of sp³-hybridized carbons (Fsp3) is 0.500. The number of phenolic OH excluding ortho intramolecular Hbond substituents is 1. The van der Waals surface area contributed by atoms with E-state index in [1.165, 1.54) is 13.2 Å². The minimum Gasteiger partial charge on any atom is -0.505 e. The smallest absolute Gasteiger partial charge is 0.309 e. The minimum atomic E-state index is -0.620. The molecule has 18 heavy (non-hydrogen) atoms. The van der Waals surface area contributed by atoms with Gasteiger partial charge in [0, 0.05) is 5.92 Å². The minimum absolute atomic E-state index is 0.218. The molecule has 0 spiro atoms. The summed E-state index contributed by atoms with van der Waals surface area (Å²) in [4.78, 5) is 11.6. The van der Waals surface area contributed by atoms with Crippen molar-refractivity contribution >= 4 is 5.97 Å². The fourth-order valence-electron chi connectivity index (χ4n) is 2.51. The molecule has 1 N–H and O–H groups in total. The first-order valence-electron chi connectivity index (χ1n) is 6.11. The molecule has 1 aromatic rings. The van der Waals surface area contributed by atoms with E-state index in [2.05, 4.69) is 0 Å². The number of aromatic hydroxyl groups is 1. The second kappa shape index (κ2) is 4.96. The summed E-state index contributed by atoms with van der Waals surface area (Å²) >= 11 is 0. The molecule has 1 fully saturated rings. The van der Waals surface area contributed by atoms with Crippen molar-refractivity contribution < 1.29 is 19.0 Å². The molecule has 3 nitrogen and oxygen atoms in total. The summed E-state index contributed by atoms with van der Waals surface area (Å²) in [5.74, 6) is -1.64. The predicted octanol–water partition coefficient (Wildman–Crippen LogP) is 2.83. The Morgan fingerprint density at radius 2 is 2.17 bits per heavy atom. The molecular formula is C14H17FO3. The molecule has 1 saturated carbocycles. The topological polar surface area (TPSA) is 46.5 Å². The number of rotatable bonds is 4. The van der Waals surface area contributed by atoms with E-state index in [1.807, 2.05) is 0 Å². The van der Waals surface area contributed by atoms with Crippen LogP contribution in [-0.4, -0.2) is 18.2 Å². The highest BCUT2D eigenvalue weighted by Crippen LogP contribution is 2.48. The van der Waals surface area contributed by atoms with E-state index in [0.717, 1.165) is 12.8 Å². The van der Waals surface area contributed by atoms with Gasteiger partial charge in [-0.2, -0.15) is 0 Å². The number of phenols is 1. The highest BCUT2D eigenvalue weighted by Gasteiger charge is 2.40. The van der Waals surface area contributed by atoms with E-state index in [4.69, 9.17) is 4.74 Å².